The van der Waals surface area contributed by atoms with E-state index >= 15 is 0 Å². The molecule has 5 rings (SSSR count). The third kappa shape index (κ3) is 2.03. The number of nitriles is 1. The number of carbonyl (C=O) groups excluding carboxylic acids is 1. The monoisotopic (exact) mass is 365 g/mol. The molecule has 0 aromatic heterocycles. The first-order chi connectivity index (χ1) is 12.9. The fourth-order valence-electron chi connectivity index (χ4n) is 8.21. The van der Waals surface area contributed by atoms with Gasteiger partial charge in [-0.15, -0.1) is 0 Å². The summed E-state index contributed by atoms with van der Waals surface area (Å²) in [6, 6.07) is 2.26. The van der Waals surface area contributed by atoms with Crippen LogP contribution in [0.15, 0.2) is 23.3 Å². The Morgan fingerprint density at radius 1 is 1.11 bits per heavy atom. The zero-order valence-electron chi connectivity index (χ0n) is 16.6. The average molecular weight is 366 g/mol. The van der Waals surface area contributed by atoms with Crippen LogP contribution in [0.4, 0.5) is 0 Å². The molecule has 5 aliphatic carbocycles. The normalized spacial score (nSPS) is 47.6. The summed E-state index contributed by atoms with van der Waals surface area (Å²) < 4.78 is 0. The quantitative estimate of drug-likeness (QED) is 0.632. The maximum atomic E-state index is 13.2. The van der Waals surface area contributed by atoms with Crippen molar-refractivity contribution in [3.05, 3.63) is 23.3 Å². The van der Waals surface area contributed by atoms with Gasteiger partial charge in [-0.2, -0.15) is 5.26 Å². The molecule has 1 N–H and O–H groups in total. The van der Waals surface area contributed by atoms with E-state index in [9.17, 15) is 15.2 Å². The zero-order valence-corrected chi connectivity index (χ0v) is 16.6. The fraction of sp³-hybridized carbons (Fsp3) is 0.750. The Balaban J connectivity index is 1.63. The predicted octanol–water partition coefficient (Wildman–Crippen LogP) is 4.72. The van der Waals surface area contributed by atoms with E-state index in [-0.39, 0.29) is 22.7 Å². The number of Topliss-reactive ketones (excluding diaryl/α,β-unsaturated/α-hetero) is 1. The van der Waals surface area contributed by atoms with Gasteiger partial charge in [-0.05, 0) is 68.1 Å². The number of hydrogen-bond donors (Lipinski definition) is 1. The molecule has 0 radical (unpaired) electrons. The number of aliphatic hydroxyl groups excluding tert-OH is 1. The van der Waals surface area contributed by atoms with Crippen LogP contribution in [0, 0.1) is 45.3 Å². The molecule has 0 heterocycles. The van der Waals surface area contributed by atoms with E-state index in [1.165, 1.54) is 5.57 Å². The molecule has 0 aliphatic heterocycles. The summed E-state index contributed by atoms with van der Waals surface area (Å²) in [4.78, 5) is 13.2. The molecule has 3 fully saturated rings. The molecule has 27 heavy (non-hydrogen) atoms. The topological polar surface area (TPSA) is 61.1 Å². The van der Waals surface area contributed by atoms with Crippen LogP contribution in [-0.4, -0.2) is 17.0 Å². The van der Waals surface area contributed by atoms with E-state index in [0.717, 1.165) is 57.8 Å². The van der Waals surface area contributed by atoms with Gasteiger partial charge in [-0.25, -0.2) is 0 Å². The van der Waals surface area contributed by atoms with E-state index < -0.39 is 5.41 Å². The summed E-state index contributed by atoms with van der Waals surface area (Å²) in [6.07, 6.45) is 13.6. The van der Waals surface area contributed by atoms with E-state index in [4.69, 9.17) is 0 Å². The second-order valence-corrected chi connectivity index (χ2v) is 10.4. The molecule has 0 amide bonds. The lowest BCUT2D eigenvalue weighted by Crippen LogP contribution is -2.53. The Bertz CT molecular complexity index is 796. The summed E-state index contributed by atoms with van der Waals surface area (Å²) in [7, 11) is 0. The highest BCUT2D eigenvalue weighted by Gasteiger charge is 2.62. The van der Waals surface area contributed by atoms with E-state index in [0.29, 0.717) is 23.3 Å². The SMILES string of the molecule is C[C@]12C=C(C#N)C(=O)C3(CCCC3)C1=CC[C@H]1C3CC[C@H](O)[C@@]3(C)CC[C@@H]12. The van der Waals surface area contributed by atoms with E-state index in [1.54, 1.807) is 0 Å². The van der Waals surface area contributed by atoms with Gasteiger partial charge in [-0.1, -0.05) is 44.4 Å². The van der Waals surface area contributed by atoms with Crippen molar-refractivity contribution in [1.82, 2.24) is 0 Å². The van der Waals surface area contributed by atoms with Gasteiger partial charge in [0.25, 0.3) is 0 Å². The van der Waals surface area contributed by atoms with Crippen molar-refractivity contribution >= 4 is 5.78 Å². The van der Waals surface area contributed by atoms with E-state index in [2.05, 4.69) is 32.1 Å². The zero-order chi connectivity index (χ0) is 19.0. The van der Waals surface area contributed by atoms with Crippen molar-refractivity contribution in [1.29, 1.82) is 5.26 Å². The fourth-order valence-corrected chi connectivity index (χ4v) is 8.21. The number of nitrogens with zero attached hydrogens (tertiary/aromatic N) is 1. The van der Waals surface area contributed by atoms with Crippen LogP contribution >= 0.6 is 0 Å². The second-order valence-electron chi connectivity index (χ2n) is 10.4. The van der Waals surface area contributed by atoms with Crippen molar-refractivity contribution in [3.63, 3.8) is 0 Å². The largest absolute Gasteiger partial charge is 0.393 e. The van der Waals surface area contributed by atoms with Gasteiger partial charge < -0.3 is 5.11 Å². The number of fused-ring (bicyclic) bond motifs is 6. The smallest absolute Gasteiger partial charge is 0.183 e. The lowest BCUT2D eigenvalue weighted by Gasteiger charge is -2.58. The van der Waals surface area contributed by atoms with Gasteiger partial charge in [0.1, 0.15) is 6.07 Å². The van der Waals surface area contributed by atoms with Crippen molar-refractivity contribution in [2.45, 2.75) is 77.7 Å². The Morgan fingerprint density at radius 3 is 2.56 bits per heavy atom. The Kier molecular flexibility index (Phi) is 3.65. The van der Waals surface area contributed by atoms with Gasteiger partial charge >= 0.3 is 0 Å². The van der Waals surface area contributed by atoms with Crippen molar-refractivity contribution in [2.24, 2.45) is 34.0 Å². The van der Waals surface area contributed by atoms with Gasteiger partial charge in [0.15, 0.2) is 5.78 Å². The molecular weight excluding hydrogens is 334 g/mol. The molecular formula is C24H31NO2. The number of aliphatic hydroxyl groups is 1. The molecule has 0 aromatic rings. The summed E-state index contributed by atoms with van der Waals surface area (Å²) in [5.74, 6) is 1.73. The molecule has 3 heteroatoms. The van der Waals surface area contributed by atoms with Crippen LogP contribution in [-0.2, 0) is 4.79 Å². The Labute approximate surface area is 162 Å². The molecule has 3 saturated carbocycles. The van der Waals surface area contributed by atoms with Crippen LogP contribution in [0.3, 0.4) is 0 Å². The Hall–Kier alpha value is -1.40. The first-order valence-electron chi connectivity index (χ1n) is 10.9. The Morgan fingerprint density at radius 2 is 1.85 bits per heavy atom. The third-order valence-corrected chi connectivity index (χ3v) is 9.55. The van der Waals surface area contributed by atoms with Crippen LogP contribution in [0.1, 0.15) is 71.6 Å². The summed E-state index contributed by atoms with van der Waals surface area (Å²) in [6.45, 7) is 4.61. The molecule has 5 aliphatic rings. The minimum atomic E-state index is -0.393. The first-order valence-corrected chi connectivity index (χ1v) is 10.9. The molecule has 1 spiro atoms. The van der Waals surface area contributed by atoms with Crippen molar-refractivity contribution in [3.8, 4) is 6.07 Å². The average Bonchev–Trinajstić information content (AvgIpc) is 3.25. The number of allylic oxidation sites excluding steroid dienone is 4. The van der Waals surface area contributed by atoms with Crippen LogP contribution < -0.4 is 0 Å². The molecule has 1 unspecified atom stereocenters. The molecule has 0 bridgehead atoms. The molecule has 0 saturated heterocycles. The lowest BCUT2D eigenvalue weighted by atomic mass is 9.45. The van der Waals surface area contributed by atoms with Crippen molar-refractivity contribution in [2.75, 3.05) is 0 Å². The predicted molar refractivity (Wildman–Crippen MR) is 103 cm³/mol. The minimum Gasteiger partial charge on any atom is -0.393 e. The summed E-state index contributed by atoms with van der Waals surface area (Å²) in [5, 5.41) is 20.4. The molecule has 144 valence electrons. The second kappa shape index (κ2) is 5.57. The molecule has 0 aromatic carbocycles. The number of hydrogen-bond acceptors (Lipinski definition) is 3. The highest BCUT2D eigenvalue weighted by molar-refractivity contribution is 6.07. The summed E-state index contributed by atoms with van der Waals surface area (Å²) in [5.41, 5.74) is 1.26. The number of ketones is 1. The van der Waals surface area contributed by atoms with Gasteiger partial charge in [-0.3, -0.25) is 4.79 Å². The maximum Gasteiger partial charge on any atom is 0.183 e. The number of rotatable bonds is 0. The lowest BCUT2D eigenvalue weighted by molar-refractivity contribution is -0.125. The van der Waals surface area contributed by atoms with Crippen LogP contribution in [0.25, 0.3) is 0 Å². The highest BCUT2D eigenvalue weighted by atomic mass is 16.3. The van der Waals surface area contributed by atoms with E-state index in [1.807, 2.05) is 0 Å². The summed E-state index contributed by atoms with van der Waals surface area (Å²) >= 11 is 0. The first kappa shape index (κ1) is 17.7. The van der Waals surface area contributed by atoms with Crippen LogP contribution in [0.5, 0.6) is 0 Å². The maximum absolute atomic E-state index is 13.2. The molecule has 3 nitrogen and oxygen atoms in total. The van der Waals surface area contributed by atoms with Crippen LogP contribution in [0.2, 0.25) is 0 Å². The van der Waals surface area contributed by atoms with Gasteiger partial charge in [0.2, 0.25) is 0 Å². The van der Waals surface area contributed by atoms with Crippen molar-refractivity contribution < 1.29 is 9.90 Å². The van der Waals surface area contributed by atoms with Gasteiger partial charge in [0.05, 0.1) is 17.1 Å². The standard InChI is InChI=1S/C24H31NO2/c1-22-12-9-18-16(17(22)6-8-20(22)26)5-7-19-23(18,2)13-15(14-25)21(27)24(19)10-3-4-11-24/h7,13,16-18,20,26H,3-6,8-12H2,1-2H3/t16-,17?,18-,20-,22-,23+/m0/s1. The minimum absolute atomic E-state index is 0.0557. The molecule has 6 atom stereocenters. The number of carbonyl (C=O) groups is 1. The third-order valence-electron chi connectivity index (χ3n) is 9.55. The van der Waals surface area contributed by atoms with Gasteiger partial charge in [0, 0.05) is 5.41 Å². The highest BCUT2D eigenvalue weighted by Crippen LogP contribution is 2.67.